The molecule has 2 unspecified atom stereocenters. The predicted molar refractivity (Wildman–Crippen MR) is 70.1 cm³/mol. The van der Waals surface area contributed by atoms with E-state index in [-0.39, 0.29) is 5.78 Å². The van der Waals surface area contributed by atoms with Gasteiger partial charge in [-0.15, -0.1) is 0 Å². The molecule has 88 valence electrons. The molecule has 0 saturated carbocycles. The van der Waals surface area contributed by atoms with Crippen LogP contribution in [0.25, 0.3) is 0 Å². The Morgan fingerprint density at radius 1 is 1.31 bits per heavy atom. The van der Waals surface area contributed by atoms with Crippen molar-refractivity contribution in [3.8, 4) is 0 Å². The van der Waals surface area contributed by atoms with Gasteiger partial charge in [-0.05, 0) is 38.8 Å². The second kappa shape index (κ2) is 5.56. The van der Waals surface area contributed by atoms with E-state index in [4.69, 9.17) is 4.74 Å². The van der Waals surface area contributed by atoms with Gasteiger partial charge in [-0.2, -0.15) is 0 Å². The van der Waals surface area contributed by atoms with Gasteiger partial charge in [0.1, 0.15) is 5.85 Å². The van der Waals surface area contributed by atoms with E-state index in [9.17, 15) is 4.79 Å². The molecule has 0 fully saturated rings. The normalized spacial score (nSPS) is 12.6. The third-order valence-electron chi connectivity index (χ3n) is 2.53. The van der Waals surface area contributed by atoms with Crippen molar-refractivity contribution in [3.05, 3.63) is 34.4 Å². The number of carbonyl (C=O) groups excluding carboxylic acids is 1. The lowest BCUT2D eigenvalue weighted by Crippen LogP contribution is -2.20. The highest BCUT2D eigenvalue weighted by molar-refractivity contribution is 7.19. The van der Waals surface area contributed by atoms with Crippen LogP contribution >= 0.6 is 9.24 Å². The lowest BCUT2D eigenvalue weighted by molar-refractivity contribution is 0.0705. The van der Waals surface area contributed by atoms with Crippen LogP contribution in [0.3, 0.4) is 0 Å². The van der Waals surface area contributed by atoms with Gasteiger partial charge in [0, 0.05) is 12.2 Å². The number of benzene rings is 1. The molecule has 16 heavy (non-hydrogen) atoms. The Morgan fingerprint density at radius 3 is 2.25 bits per heavy atom. The van der Waals surface area contributed by atoms with Crippen LogP contribution in [0.1, 0.15) is 34.0 Å². The zero-order chi connectivity index (χ0) is 12.3. The maximum atomic E-state index is 12.1. The predicted octanol–water partition coefficient (Wildman–Crippen LogP) is 3.03. The van der Waals surface area contributed by atoms with Gasteiger partial charge in [-0.25, -0.2) is 0 Å². The molecule has 0 aliphatic heterocycles. The smallest absolute Gasteiger partial charge is 0.195 e. The summed E-state index contributed by atoms with van der Waals surface area (Å²) in [5, 5.41) is 0. The second-order valence-corrected chi connectivity index (χ2v) is 4.62. The highest BCUT2D eigenvalue weighted by Gasteiger charge is 2.19. The van der Waals surface area contributed by atoms with Crippen LogP contribution in [-0.4, -0.2) is 18.2 Å². The number of carbonyl (C=O) groups is 1. The molecule has 3 heteroatoms. The number of hydrogen-bond donors (Lipinski definition) is 0. The summed E-state index contributed by atoms with van der Waals surface area (Å²) < 4.78 is 5.31. The average Bonchev–Trinajstić information content (AvgIpc) is 2.16. The topological polar surface area (TPSA) is 26.3 Å². The minimum absolute atomic E-state index is 0.0434. The molecule has 0 radical (unpaired) electrons. The zero-order valence-corrected chi connectivity index (χ0v) is 11.5. The summed E-state index contributed by atoms with van der Waals surface area (Å²) in [5.41, 5.74) is 4.02. The second-order valence-electron chi connectivity index (χ2n) is 4.01. The Kier molecular flexibility index (Phi) is 4.64. The quantitative estimate of drug-likeness (QED) is 0.595. The molecule has 0 amide bonds. The van der Waals surface area contributed by atoms with E-state index in [2.05, 4.69) is 9.24 Å². The molecule has 0 saturated heterocycles. The molecule has 0 heterocycles. The first-order chi connectivity index (χ1) is 7.47. The number of rotatable bonds is 4. The fourth-order valence-corrected chi connectivity index (χ4v) is 2.33. The molecule has 0 spiro atoms. The summed E-state index contributed by atoms with van der Waals surface area (Å²) in [6, 6.07) is 4.06. The highest BCUT2D eigenvalue weighted by atomic mass is 31.0. The molecule has 0 N–H and O–H groups in total. The maximum Gasteiger partial charge on any atom is 0.195 e. The van der Waals surface area contributed by atoms with Gasteiger partial charge in [0.15, 0.2) is 5.78 Å². The lowest BCUT2D eigenvalue weighted by atomic mass is 9.97. The number of hydrogen-bond acceptors (Lipinski definition) is 2. The van der Waals surface area contributed by atoms with E-state index >= 15 is 0 Å². The minimum atomic E-state index is -0.440. The van der Waals surface area contributed by atoms with Gasteiger partial charge in [-0.1, -0.05) is 26.9 Å². The van der Waals surface area contributed by atoms with E-state index in [0.29, 0.717) is 6.61 Å². The molecule has 0 aliphatic carbocycles. The SMILES string of the molecule is CCOC(P)C(=O)c1c(C)cc(C)cc1C. The molecule has 2 atom stereocenters. The van der Waals surface area contributed by atoms with Crippen LogP contribution in [0.15, 0.2) is 12.1 Å². The summed E-state index contributed by atoms with van der Waals surface area (Å²) in [6.07, 6.45) is 0. The first-order valence-corrected chi connectivity index (χ1v) is 6.13. The first kappa shape index (κ1) is 13.3. The van der Waals surface area contributed by atoms with E-state index in [1.54, 1.807) is 0 Å². The van der Waals surface area contributed by atoms with Crippen molar-refractivity contribution >= 4 is 15.0 Å². The number of aryl methyl sites for hydroxylation is 3. The Labute approximate surface area is 99.6 Å². The fraction of sp³-hybridized carbons (Fsp3) is 0.462. The number of Topliss-reactive ketones (excluding diaryl/α,β-unsaturated/α-hetero) is 1. The molecule has 0 aromatic heterocycles. The molecule has 0 aliphatic rings. The standard InChI is InChI=1S/C13H19O2P/c1-5-15-13(16)12(14)11-9(3)6-8(2)7-10(11)4/h6-7,13H,5,16H2,1-4H3. The summed E-state index contributed by atoms with van der Waals surface area (Å²) in [6.45, 7) is 8.41. The van der Waals surface area contributed by atoms with Crippen LogP contribution in [0.2, 0.25) is 0 Å². The molecule has 0 bridgehead atoms. The van der Waals surface area contributed by atoms with Crippen molar-refractivity contribution in [1.82, 2.24) is 0 Å². The fourth-order valence-electron chi connectivity index (χ4n) is 1.97. The zero-order valence-electron chi connectivity index (χ0n) is 10.3. The minimum Gasteiger partial charge on any atom is -0.366 e. The first-order valence-electron chi connectivity index (χ1n) is 5.46. The van der Waals surface area contributed by atoms with Gasteiger partial charge in [0.25, 0.3) is 0 Å². The van der Waals surface area contributed by atoms with E-state index in [1.165, 1.54) is 5.56 Å². The number of ether oxygens (including phenoxy) is 1. The van der Waals surface area contributed by atoms with Crippen molar-refractivity contribution in [2.75, 3.05) is 6.61 Å². The van der Waals surface area contributed by atoms with Crippen LogP contribution in [0, 0.1) is 20.8 Å². The van der Waals surface area contributed by atoms with Crippen molar-refractivity contribution in [2.45, 2.75) is 33.5 Å². The Hall–Kier alpha value is -0.720. The highest BCUT2D eigenvalue weighted by Crippen LogP contribution is 2.21. The Bertz CT molecular complexity index is 376. The van der Waals surface area contributed by atoms with Crippen LogP contribution < -0.4 is 0 Å². The summed E-state index contributed by atoms with van der Waals surface area (Å²) >= 11 is 0. The maximum absolute atomic E-state index is 12.1. The number of ketones is 1. The monoisotopic (exact) mass is 238 g/mol. The lowest BCUT2D eigenvalue weighted by Gasteiger charge is -2.15. The Morgan fingerprint density at radius 2 is 1.81 bits per heavy atom. The van der Waals surface area contributed by atoms with Crippen molar-refractivity contribution < 1.29 is 9.53 Å². The van der Waals surface area contributed by atoms with Gasteiger partial charge < -0.3 is 4.74 Å². The van der Waals surface area contributed by atoms with Crippen molar-refractivity contribution in [3.63, 3.8) is 0 Å². The van der Waals surface area contributed by atoms with Gasteiger partial charge >= 0.3 is 0 Å². The summed E-state index contributed by atoms with van der Waals surface area (Å²) in [4.78, 5) is 12.1. The molecule has 1 aromatic rings. The van der Waals surface area contributed by atoms with E-state index in [0.717, 1.165) is 16.7 Å². The van der Waals surface area contributed by atoms with E-state index < -0.39 is 5.85 Å². The molecular weight excluding hydrogens is 219 g/mol. The van der Waals surface area contributed by atoms with Crippen LogP contribution in [0.5, 0.6) is 0 Å². The van der Waals surface area contributed by atoms with Crippen LogP contribution in [-0.2, 0) is 4.74 Å². The molecular formula is C13H19O2P. The van der Waals surface area contributed by atoms with Crippen molar-refractivity contribution in [1.29, 1.82) is 0 Å². The van der Waals surface area contributed by atoms with Gasteiger partial charge in [0.05, 0.1) is 0 Å². The summed E-state index contributed by atoms with van der Waals surface area (Å²) in [7, 11) is 2.45. The molecule has 1 rings (SSSR count). The molecule has 2 nitrogen and oxygen atoms in total. The van der Waals surface area contributed by atoms with Gasteiger partial charge in [-0.3, -0.25) is 4.79 Å². The van der Waals surface area contributed by atoms with Crippen LogP contribution in [0.4, 0.5) is 0 Å². The average molecular weight is 238 g/mol. The third kappa shape index (κ3) is 2.90. The molecule has 1 aromatic carbocycles. The Balaban J connectivity index is 3.08. The van der Waals surface area contributed by atoms with Gasteiger partial charge in [0.2, 0.25) is 0 Å². The largest absolute Gasteiger partial charge is 0.366 e. The van der Waals surface area contributed by atoms with Crippen molar-refractivity contribution in [2.24, 2.45) is 0 Å². The summed E-state index contributed by atoms with van der Waals surface area (Å²) in [5.74, 6) is -0.396. The third-order valence-corrected chi connectivity index (χ3v) is 3.02. The van der Waals surface area contributed by atoms with E-state index in [1.807, 2.05) is 39.8 Å².